The number of carbonyl (C=O) groups is 2. The van der Waals surface area contributed by atoms with Gasteiger partial charge in [0.15, 0.2) is 0 Å². The summed E-state index contributed by atoms with van der Waals surface area (Å²) in [5.41, 5.74) is 10.3. The van der Waals surface area contributed by atoms with E-state index in [4.69, 9.17) is 11.5 Å². The van der Waals surface area contributed by atoms with E-state index < -0.39 is 23.5 Å². The number of aliphatic hydroxyl groups is 1. The molecule has 0 radical (unpaired) electrons. The molecule has 0 aromatic rings. The molecule has 2 fully saturated rings. The second-order valence-corrected chi connectivity index (χ2v) is 4.75. The van der Waals surface area contributed by atoms with Crippen molar-refractivity contribution in [2.24, 2.45) is 16.9 Å². The van der Waals surface area contributed by atoms with E-state index in [0.717, 1.165) is 12.8 Å². The summed E-state index contributed by atoms with van der Waals surface area (Å²) in [6.07, 6.45) is 1.11. The standard InChI is InChI=1S/C10H17N3O3/c11-5-10(1-2-10)9(16)13-4-6(14)3-7(13)8(12)15/h6-7,14H,1-5,11H2,(H2,12,15). The molecule has 2 aliphatic rings. The molecule has 16 heavy (non-hydrogen) atoms. The van der Waals surface area contributed by atoms with Gasteiger partial charge >= 0.3 is 0 Å². The lowest BCUT2D eigenvalue weighted by molar-refractivity contribution is -0.141. The first kappa shape index (κ1) is 11.3. The average Bonchev–Trinajstić information content (AvgIpc) is 2.94. The molecule has 0 aromatic heterocycles. The highest BCUT2D eigenvalue weighted by molar-refractivity contribution is 5.91. The number of nitrogens with zero attached hydrogens (tertiary/aromatic N) is 1. The number of amides is 2. The number of β-amino-alcohol motifs (C(OH)–C–C–N with tert-alkyl or cyclic N) is 1. The Balaban J connectivity index is 2.13. The van der Waals surface area contributed by atoms with Gasteiger partial charge in [0.05, 0.1) is 11.5 Å². The van der Waals surface area contributed by atoms with Crippen LogP contribution >= 0.6 is 0 Å². The summed E-state index contributed by atoms with van der Waals surface area (Å²) in [5, 5.41) is 9.49. The molecular weight excluding hydrogens is 210 g/mol. The van der Waals surface area contributed by atoms with E-state index in [1.54, 1.807) is 0 Å². The van der Waals surface area contributed by atoms with Crippen LogP contribution in [0.15, 0.2) is 0 Å². The molecular formula is C10H17N3O3. The molecule has 0 aromatic carbocycles. The molecule has 0 bridgehead atoms. The molecule has 1 aliphatic heterocycles. The second-order valence-electron chi connectivity index (χ2n) is 4.75. The predicted octanol–water partition coefficient (Wildman–Crippen LogP) is -1.83. The summed E-state index contributed by atoms with van der Waals surface area (Å²) >= 11 is 0. The van der Waals surface area contributed by atoms with Crippen molar-refractivity contribution in [2.45, 2.75) is 31.4 Å². The van der Waals surface area contributed by atoms with Crippen molar-refractivity contribution < 1.29 is 14.7 Å². The van der Waals surface area contributed by atoms with Gasteiger partial charge < -0.3 is 21.5 Å². The lowest BCUT2D eigenvalue weighted by Gasteiger charge is -2.26. The number of aliphatic hydroxyl groups excluding tert-OH is 1. The molecule has 1 heterocycles. The molecule has 2 rings (SSSR count). The fourth-order valence-electron chi connectivity index (χ4n) is 2.27. The number of hydrogen-bond acceptors (Lipinski definition) is 4. The number of likely N-dealkylation sites (tertiary alicyclic amines) is 1. The average molecular weight is 227 g/mol. The molecule has 2 atom stereocenters. The minimum atomic E-state index is -0.675. The summed E-state index contributed by atoms with van der Waals surface area (Å²) in [4.78, 5) is 24.7. The molecule has 6 nitrogen and oxygen atoms in total. The molecule has 90 valence electrons. The van der Waals surface area contributed by atoms with E-state index in [0.29, 0.717) is 6.54 Å². The maximum atomic E-state index is 12.1. The van der Waals surface area contributed by atoms with Crippen molar-refractivity contribution in [3.05, 3.63) is 0 Å². The van der Waals surface area contributed by atoms with Gasteiger partial charge in [0.1, 0.15) is 6.04 Å². The van der Waals surface area contributed by atoms with Crippen LogP contribution in [0.2, 0.25) is 0 Å². The first-order chi connectivity index (χ1) is 7.50. The van der Waals surface area contributed by atoms with Crippen LogP contribution < -0.4 is 11.5 Å². The van der Waals surface area contributed by atoms with Crippen molar-refractivity contribution in [1.29, 1.82) is 0 Å². The molecule has 2 unspecified atom stereocenters. The fourth-order valence-corrected chi connectivity index (χ4v) is 2.27. The highest BCUT2D eigenvalue weighted by Crippen LogP contribution is 2.47. The Hall–Kier alpha value is -1.14. The zero-order valence-electron chi connectivity index (χ0n) is 9.06. The van der Waals surface area contributed by atoms with Crippen molar-refractivity contribution in [3.8, 4) is 0 Å². The molecule has 1 aliphatic carbocycles. The topological polar surface area (TPSA) is 110 Å². The number of carbonyl (C=O) groups excluding carboxylic acids is 2. The number of hydrogen-bond donors (Lipinski definition) is 3. The fraction of sp³-hybridized carbons (Fsp3) is 0.800. The van der Waals surface area contributed by atoms with Crippen LogP contribution in [0.5, 0.6) is 0 Å². The van der Waals surface area contributed by atoms with E-state index in [1.165, 1.54) is 4.90 Å². The van der Waals surface area contributed by atoms with Gasteiger partial charge in [-0.05, 0) is 12.8 Å². The van der Waals surface area contributed by atoms with E-state index >= 15 is 0 Å². The van der Waals surface area contributed by atoms with Crippen LogP contribution in [0.25, 0.3) is 0 Å². The van der Waals surface area contributed by atoms with Gasteiger partial charge in [-0.15, -0.1) is 0 Å². The van der Waals surface area contributed by atoms with Crippen LogP contribution in [0, 0.1) is 5.41 Å². The Morgan fingerprint density at radius 1 is 1.44 bits per heavy atom. The Morgan fingerprint density at radius 3 is 2.50 bits per heavy atom. The van der Waals surface area contributed by atoms with Crippen molar-refractivity contribution in [3.63, 3.8) is 0 Å². The third-order valence-electron chi connectivity index (χ3n) is 3.57. The van der Waals surface area contributed by atoms with E-state index in [1.807, 2.05) is 0 Å². The Labute approximate surface area is 93.6 Å². The molecule has 5 N–H and O–H groups in total. The van der Waals surface area contributed by atoms with Crippen LogP contribution in [-0.4, -0.2) is 47.1 Å². The summed E-state index contributed by atoms with van der Waals surface area (Å²) in [5.74, 6) is -0.687. The summed E-state index contributed by atoms with van der Waals surface area (Å²) in [6, 6.07) is -0.675. The molecule has 1 saturated heterocycles. The number of rotatable bonds is 3. The highest BCUT2D eigenvalue weighted by Gasteiger charge is 2.53. The predicted molar refractivity (Wildman–Crippen MR) is 56.0 cm³/mol. The normalized spacial score (nSPS) is 31.5. The highest BCUT2D eigenvalue weighted by atomic mass is 16.3. The quantitative estimate of drug-likeness (QED) is 0.527. The minimum Gasteiger partial charge on any atom is -0.391 e. The second kappa shape index (κ2) is 3.71. The van der Waals surface area contributed by atoms with Crippen molar-refractivity contribution in [2.75, 3.05) is 13.1 Å². The summed E-state index contributed by atoms with van der Waals surface area (Å²) in [7, 11) is 0. The SMILES string of the molecule is NCC1(C(=O)N2CC(O)CC2C(N)=O)CC1. The number of primary amides is 1. The largest absolute Gasteiger partial charge is 0.391 e. The first-order valence-corrected chi connectivity index (χ1v) is 5.49. The zero-order valence-corrected chi connectivity index (χ0v) is 9.06. The first-order valence-electron chi connectivity index (χ1n) is 5.49. The van der Waals surface area contributed by atoms with Crippen LogP contribution in [0.1, 0.15) is 19.3 Å². The maximum Gasteiger partial charge on any atom is 0.240 e. The van der Waals surface area contributed by atoms with Crippen LogP contribution in [-0.2, 0) is 9.59 Å². The van der Waals surface area contributed by atoms with Gasteiger partial charge in [0.2, 0.25) is 11.8 Å². The van der Waals surface area contributed by atoms with Crippen LogP contribution in [0.3, 0.4) is 0 Å². The Morgan fingerprint density at radius 2 is 2.06 bits per heavy atom. The minimum absolute atomic E-state index is 0.129. The third-order valence-corrected chi connectivity index (χ3v) is 3.57. The molecule has 1 saturated carbocycles. The summed E-state index contributed by atoms with van der Waals surface area (Å²) in [6.45, 7) is 0.484. The van der Waals surface area contributed by atoms with Crippen LogP contribution in [0.4, 0.5) is 0 Å². The van der Waals surface area contributed by atoms with E-state index in [-0.39, 0.29) is 18.9 Å². The lowest BCUT2D eigenvalue weighted by Crippen LogP contribution is -2.48. The number of nitrogens with two attached hydrogens (primary N) is 2. The zero-order chi connectivity index (χ0) is 11.9. The molecule has 2 amide bonds. The monoisotopic (exact) mass is 227 g/mol. The van der Waals surface area contributed by atoms with Gasteiger partial charge in [0, 0.05) is 19.5 Å². The Bertz CT molecular complexity index is 327. The third kappa shape index (κ3) is 1.68. The molecule has 0 spiro atoms. The lowest BCUT2D eigenvalue weighted by atomic mass is 10.1. The van der Waals surface area contributed by atoms with Gasteiger partial charge in [-0.2, -0.15) is 0 Å². The van der Waals surface area contributed by atoms with Gasteiger partial charge in [-0.1, -0.05) is 0 Å². The molecule has 6 heteroatoms. The van der Waals surface area contributed by atoms with Gasteiger partial charge in [0.25, 0.3) is 0 Å². The maximum absolute atomic E-state index is 12.1. The van der Waals surface area contributed by atoms with Crippen molar-refractivity contribution in [1.82, 2.24) is 4.90 Å². The van der Waals surface area contributed by atoms with E-state index in [2.05, 4.69) is 0 Å². The van der Waals surface area contributed by atoms with Crippen molar-refractivity contribution >= 4 is 11.8 Å². The van der Waals surface area contributed by atoms with Gasteiger partial charge in [-0.25, -0.2) is 0 Å². The smallest absolute Gasteiger partial charge is 0.240 e. The summed E-state index contributed by atoms with van der Waals surface area (Å²) < 4.78 is 0. The van der Waals surface area contributed by atoms with E-state index in [9.17, 15) is 14.7 Å². The Kier molecular flexibility index (Phi) is 2.63. The van der Waals surface area contributed by atoms with Gasteiger partial charge in [-0.3, -0.25) is 9.59 Å².